The molecule has 0 aromatic heterocycles. The zero-order valence-corrected chi connectivity index (χ0v) is 16.8. The standard InChI is InChI=1S/C25H24O5/c1-18-7-5-6-10-22(18)23(13-14-25(27)28)30-24-15-21(12-11-20(24)16-26)29-17-19-8-3-2-4-9-19/h2-12,15-16,23H,13-14,17H2,1H3,(H,27,28)/t23-/m0/s1. The number of aldehydes is 1. The third kappa shape index (κ3) is 5.70. The maximum atomic E-state index is 11.6. The van der Waals surface area contributed by atoms with Crippen LogP contribution >= 0.6 is 0 Å². The minimum absolute atomic E-state index is 0.0420. The highest BCUT2D eigenvalue weighted by atomic mass is 16.5. The minimum Gasteiger partial charge on any atom is -0.489 e. The van der Waals surface area contributed by atoms with Gasteiger partial charge in [-0.25, -0.2) is 0 Å². The van der Waals surface area contributed by atoms with Crippen molar-refractivity contribution in [3.63, 3.8) is 0 Å². The molecule has 5 heteroatoms. The molecule has 0 radical (unpaired) electrons. The maximum Gasteiger partial charge on any atom is 0.303 e. The molecule has 0 unspecified atom stereocenters. The molecule has 0 heterocycles. The van der Waals surface area contributed by atoms with Crippen molar-refractivity contribution in [3.8, 4) is 11.5 Å². The number of carbonyl (C=O) groups is 2. The van der Waals surface area contributed by atoms with Gasteiger partial charge in [0.2, 0.25) is 0 Å². The SMILES string of the molecule is Cc1ccccc1[C@H](CCC(=O)O)Oc1cc(OCc2ccccc2)ccc1C=O. The summed E-state index contributed by atoms with van der Waals surface area (Å²) in [5.41, 5.74) is 3.30. The van der Waals surface area contributed by atoms with E-state index < -0.39 is 12.1 Å². The first kappa shape index (κ1) is 21.1. The molecule has 3 aromatic carbocycles. The van der Waals surface area contributed by atoms with Crippen molar-refractivity contribution in [1.29, 1.82) is 0 Å². The average Bonchev–Trinajstić information content (AvgIpc) is 2.76. The Morgan fingerprint density at radius 3 is 2.47 bits per heavy atom. The quantitative estimate of drug-likeness (QED) is 0.460. The Morgan fingerprint density at radius 2 is 1.77 bits per heavy atom. The summed E-state index contributed by atoms with van der Waals surface area (Å²) in [7, 11) is 0. The van der Waals surface area contributed by atoms with Crippen LogP contribution in [0.5, 0.6) is 11.5 Å². The largest absolute Gasteiger partial charge is 0.489 e. The van der Waals surface area contributed by atoms with E-state index in [1.807, 2.05) is 61.5 Å². The lowest BCUT2D eigenvalue weighted by Gasteiger charge is -2.22. The third-order valence-electron chi connectivity index (χ3n) is 4.79. The number of ether oxygens (including phenoxy) is 2. The molecule has 0 amide bonds. The molecule has 0 fully saturated rings. The molecule has 0 aliphatic carbocycles. The predicted octanol–water partition coefficient (Wildman–Crippen LogP) is 5.37. The van der Waals surface area contributed by atoms with Crippen LogP contribution < -0.4 is 9.47 Å². The van der Waals surface area contributed by atoms with Gasteiger partial charge in [0.1, 0.15) is 24.2 Å². The van der Waals surface area contributed by atoms with Crippen molar-refractivity contribution in [2.24, 2.45) is 0 Å². The summed E-state index contributed by atoms with van der Waals surface area (Å²) in [6.07, 6.45) is 0.473. The highest BCUT2D eigenvalue weighted by Crippen LogP contribution is 2.32. The van der Waals surface area contributed by atoms with Crippen LogP contribution in [-0.4, -0.2) is 17.4 Å². The van der Waals surface area contributed by atoms with Gasteiger partial charge in [0.25, 0.3) is 0 Å². The second-order valence-corrected chi connectivity index (χ2v) is 6.99. The lowest BCUT2D eigenvalue weighted by atomic mass is 9.99. The van der Waals surface area contributed by atoms with E-state index in [1.54, 1.807) is 18.2 Å². The van der Waals surface area contributed by atoms with Gasteiger partial charge in [0, 0.05) is 12.5 Å². The second-order valence-electron chi connectivity index (χ2n) is 6.99. The van der Waals surface area contributed by atoms with E-state index in [4.69, 9.17) is 14.6 Å². The summed E-state index contributed by atoms with van der Waals surface area (Å²) in [6, 6.07) is 22.5. The number of hydrogen-bond acceptors (Lipinski definition) is 4. The van der Waals surface area contributed by atoms with E-state index in [-0.39, 0.29) is 12.8 Å². The van der Waals surface area contributed by atoms with Crippen molar-refractivity contribution in [3.05, 3.63) is 95.1 Å². The smallest absolute Gasteiger partial charge is 0.303 e. The summed E-state index contributed by atoms with van der Waals surface area (Å²) < 4.78 is 12.0. The number of carbonyl (C=O) groups excluding carboxylic acids is 1. The molecule has 154 valence electrons. The molecule has 1 atom stereocenters. The van der Waals surface area contributed by atoms with Crippen molar-refractivity contribution in [1.82, 2.24) is 0 Å². The van der Waals surface area contributed by atoms with E-state index >= 15 is 0 Å². The van der Waals surface area contributed by atoms with Gasteiger partial charge in [-0.05, 0) is 42.2 Å². The molecule has 0 aliphatic heterocycles. The average molecular weight is 404 g/mol. The summed E-state index contributed by atoms with van der Waals surface area (Å²) in [5, 5.41) is 9.14. The Morgan fingerprint density at radius 1 is 1.03 bits per heavy atom. The maximum absolute atomic E-state index is 11.6. The van der Waals surface area contributed by atoms with Gasteiger partial charge in [-0.2, -0.15) is 0 Å². The lowest BCUT2D eigenvalue weighted by molar-refractivity contribution is -0.137. The Bertz CT molecular complexity index is 997. The number of benzene rings is 3. The van der Waals surface area contributed by atoms with Crippen LogP contribution in [-0.2, 0) is 11.4 Å². The zero-order chi connectivity index (χ0) is 21.3. The predicted molar refractivity (Wildman–Crippen MR) is 114 cm³/mol. The van der Waals surface area contributed by atoms with Crippen LogP contribution in [0.15, 0.2) is 72.8 Å². The van der Waals surface area contributed by atoms with E-state index in [1.165, 1.54) is 0 Å². The van der Waals surface area contributed by atoms with E-state index in [9.17, 15) is 9.59 Å². The Kier molecular flexibility index (Phi) is 7.22. The van der Waals surface area contributed by atoms with Crippen LogP contribution in [0.3, 0.4) is 0 Å². The summed E-state index contributed by atoms with van der Waals surface area (Å²) in [5.74, 6) is 0.0446. The van der Waals surface area contributed by atoms with Crippen LogP contribution in [0.2, 0.25) is 0 Å². The van der Waals surface area contributed by atoms with Crippen LogP contribution in [0.25, 0.3) is 0 Å². The summed E-state index contributed by atoms with van der Waals surface area (Å²) in [4.78, 5) is 22.7. The molecule has 3 aromatic rings. The fraction of sp³-hybridized carbons (Fsp3) is 0.200. The molecule has 1 N–H and O–H groups in total. The molecule has 0 spiro atoms. The van der Waals surface area contributed by atoms with E-state index in [2.05, 4.69) is 0 Å². The molecule has 0 saturated heterocycles. The first-order valence-corrected chi connectivity index (χ1v) is 9.76. The first-order chi connectivity index (χ1) is 14.6. The van der Waals surface area contributed by atoms with Gasteiger partial charge in [-0.1, -0.05) is 54.6 Å². The third-order valence-corrected chi connectivity index (χ3v) is 4.79. The number of aryl methyl sites for hydroxylation is 1. The zero-order valence-electron chi connectivity index (χ0n) is 16.8. The van der Waals surface area contributed by atoms with Gasteiger partial charge in [-0.15, -0.1) is 0 Å². The summed E-state index contributed by atoms with van der Waals surface area (Å²) >= 11 is 0. The Labute approximate surface area is 175 Å². The first-order valence-electron chi connectivity index (χ1n) is 9.76. The molecule has 5 nitrogen and oxygen atoms in total. The number of hydrogen-bond donors (Lipinski definition) is 1. The van der Waals surface area contributed by atoms with Crippen molar-refractivity contribution in [2.75, 3.05) is 0 Å². The van der Waals surface area contributed by atoms with Gasteiger partial charge in [-0.3, -0.25) is 9.59 Å². The van der Waals surface area contributed by atoms with Crippen LogP contribution in [0, 0.1) is 6.92 Å². The highest BCUT2D eigenvalue weighted by Gasteiger charge is 2.19. The van der Waals surface area contributed by atoms with E-state index in [0.717, 1.165) is 23.0 Å². The molecular weight excluding hydrogens is 380 g/mol. The number of aliphatic carboxylic acids is 1. The summed E-state index contributed by atoms with van der Waals surface area (Å²) in [6.45, 7) is 2.34. The molecule has 0 aliphatic rings. The second kappa shape index (κ2) is 10.3. The monoisotopic (exact) mass is 404 g/mol. The van der Waals surface area contributed by atoms with Gasteiger partial charge in [0.15, 0.2) is 6.29 Å². The van der Waals surface area contributed by atoms with E-state index in [0.29, 0.717) is 23.7 Å². The Balaban J connectivity index is 1.84. The highest BCUT2D eigenvalue weighted by molar-refractivity contribution is 5.79. The number of rotatable bonds is 10. The molecule has 3 rings (SSSR count). The molecular formula is C25H24O5. The normalized spacial score (nSPS) is 11.5. The van der Waals surface area contributed by atoms with Crippen molar-refractivity contribution >= 4 is 12.3 Å². The Hall–Kier alpha value is -3.60. The van der Waals surface area contributed by atoms with Gasteiger partial charge < -0.3 is 14.6 Å². The van der Waals surface area contributed by atoms with Crippen molar-refractivity contribution < 1.29 is 24.2 Å². The number of carboxylic acids is 1. The topological polar surface area (TPSA) is 72.8 Å². The molecule has 30 heavy (non-hydrogen) atoms. The van der Waals surface area contributed by atoms with Crippen LogP contribution in [0.1, 0.15) is 46.0 Å². The fourth-order valence-electron chi connectivity index (χ4n) is 3.18. The minimum atomic E-state index is -0.896. The molecule has 0 saturated carbocycles. The van der Waals surface area contributed by atoms with Gasteiger partial charge >= 0.3 is 5.97 Å². The van der Waals surface area contributed by atoms with Crippen LogP contribution in [0.4, 0.5) is 0 Å². The fourth-order valence-corrected chi connectivity index (χ4v) is 3.18. The molecule has 0 bridgehead atoms. The lowest BCUT2D eigenvalue weighted by Crippen LogP contribution is -2.12. The van der Waals surface area contributed by atoms with Crippen molar-refractivity contribution in [2.45, 2.75) is 32.5 Å². The number of carboxylic acid groups (broad SMARTS) is 1. The van der Waals surface area contributed by atoms with Gasteiger partial charge in [0.05, 0.1) is 5.56 Å².